The van der Waals surface area contributed by atoms with E-state index in [-0.39, 0.29) is 11.7 Å². The van der Waals surface area contributed by atoms with E-state index in [4.69, 9.17) is 4.74 Å². The van der Waals surface area contributed by atoms with Gasteiger partial charge in [0.1, 0.15) is 0 Å². The first-order chi connectivity index (χ1) is 10.8. The zero-order valence-corrected chi connectivity index (χ0v) is 13.9. The molecule has 1 aromatic rings. The number of hydrogen-bond donors (Lipinski definition) is 0. The number of rotatable bonds is 7. The molecule has 1 aromatic carbocycles. The molecule has 0 heterocycles. The lowest BCUT2D eigenvalue weighted by molar-refractivity contribution is -0.394. The van der Waals surface area contributed by atoms with Crippen molar-refractivity contribution in [3.05, 3.63) is 37.9 Å². The number of carbonyl (C=O) groups is 1. The minimum atomic E-state index is -0.772. The summed E-state index contributed by atoms with van der Waals surface area (Å²) in [7, 11) is 0. The predicted molar refractivity (Wildman–Crippen MR) is 87.2 cm³/mol. The lowest BCUT2D eigenvalue weighted by atomic mass is 9.96. The third-order valence-electron chi connectivity index (χ3n) is 3.24. The standard InChI is InChI=1S/C14H18N2O6S/c1-4-6-23-14(17)22-13-11(9(3)5-2)7-10(15(18)19)8-12(13)16(20)21/h7-9H,4-6H2,1-3H3. The van der Waals surface area contributed by atoms with Crippen molar-refractivity contribution >= 4 is 28.4 Å². The van der Waals surface area contributed by atoms with Gasteiger partial charge >= 0.3 is 11.0 Å². The number of nitrogens with zero attached hydrogens (tertiary/aromatic N) is 2. The second-order valence-electron chi connectivity index (χ2n) is 4.91. The number of ether oxygens (including phenoxy) is 1. The van der Waals surface area contributed by atoms with Crippen LogP contribution in [-0.2, 0) is 0 Å². The van der Waals surface area contributed by atoms with Crippen LogP contribution in [0.1, 0.15) is 45.1 Å². The summed E-state index contributed by atoms with van der Waals surface area (Å²) in [6, 6.07) is 2.05. The second kappa shape index (κ2) is 8.47. The van der Waals surface area contributed by atoms with Crippen LogP contribution in [0.15, 0.2) is 12.1 Å². The van der Waals surface area contributed by atoms with Crippen LogP contribution in [0.5, 0.6) is 5.75 Å². The highest BCUT2D eigenvalue weighted by molar-refractivity contribution is 8.13. The first kappa shape index (κ1) is 18.9. The Balaban J connectivity index is 3.40. The molecule has 1 atom stereocenters. The molecule has 0 radical (unpaired) electrons. The van der Waals surface area contributed by atoms with E-state index >= 15 is 0 Å². The number of carbonyl (C=O) groups excluding carboxylic acids is 1. The van der Waals surface area contributed by atoms with Gasteiger partial charge in [-0.15, -0.1) is 0 Å². The van der Waals surface area contributed by atoms with Crippen LogP contribution < -0.4 is 4.74 Å². The van der Waals surface area contributed by atoms with Crippen molar-refractivity contribution in [1.82, 2.24) is 0 Å². The number of nitro groups is 2. The van der Waals surface area contributed by atoms with E-state index in [1.165, 1.54) is 6.07 Å². The fourth-order valence-corrected chi connectivity index (χ4v) is 2.37. The molecule has 0 saturated carbocycles. The van der Waals surface area contributed by atoms with Gasteiger partial charge in [-0.1, -0.05) is 20.8 Å². The van der Waals surface area contributed by atoms with E-state index in [0.29, 0.717) is 17.7 Å². The summed E-state index contributed by atoms with van der Waals surface area (Å²) in [6.45, 7) is 5.49. The van der Waals surface area contributed by atoms with E-state index in [1.54, 1.807) is 6.92 Å². The number of non-ortho nitro benzene ring substituents is 1. The van der Waals surface area contributed by atoms with Gasteiger partial charge in [0.2, 0.25) is 5.75 Å². The summed E-state index contributed by atoms with van der Waals surface area (Å²) < 4.78 is 5.16. The molecule has 8 nitrogen and oxygen atoms in total. The van der Waals surface area contributed by atoms with Gasteiger partial charge in [0, 0.05) is 17.4 Å². The Morgan fingerprint density at radius 1 is 1.26 bits per heavy atom. The van der Waals surface area contributed by atoms with Crippen molar-refractivity contribution in [2.75, 3.05) is 5.75 Å². The number of thioether (sulfide) groups is 1. The Labute approximate surface area is 137 Å². The summed E-state index contributed by atoms with van der Waals surface area (Å²) in [5.74, 6) is 0.0919. The highest BCUT2D eigenvalue weighted by Crippen LogP contribution is 2.40. The molecule has 0 bridgehead atoms. The molecule has 1 rings (SSSR count). The number of nitro benzene ring substituents is 2. The van der Waals surface area contributed by atoms with Crippen LogP contribution in [0, 0.1) is 20.2 Å². The van der Waals surface area contributed by atoms with Crippen LogP contribution in [0.3, 0.4) is 0 Å². The van der Waals surface area contributed by atoms with Crippen LogP contribution in [0.2, 0.25) is 0 Å². The molecular weight excluding hydrogens is 324 g/mol. The molecule has 9 heteroatoms. The van der Waals surface area contributed by atoms with Gasteiger partial charge < -0.3 is 4.74 Å². The molecule has 126 valence electrons. The van der Waals surface area contributed by atoms with Gasteiger partial charge in [-0.25, -0.2) is 4.79 Å². The largest absolute Gasteiger partial charge is 0.411 e. The van der Waals surface area contributed by atoms with Crippen molar-refractivity contribution < 1.29 is 19.4 Å². The van der Waals surface area contributed by atoms with Gasteiger partial charge in [0.25, 0.3) is 5.69 Å². The zero-order chi connectivity index (χ0) is 17.6. The highest BCUT2D eigenvalue weighted by atomic mass is 32.2. The summed E-state index contributed by atoms with van der Waals surface area (Å²) in [6.07, 6.45) is 1.34. The molecule has 0 aliphatic carbocycles. The van der Waals surface area contributed by atoms with Crippen molar-refractivity contribution in [3.63, 3.8) is 0 Å². The van der Waals surface area contributed by atoms with Crippen LogP contribution in [0.25, 0.3) is 0 Å². The van der Waals surface area contributed by atoms with Gasteiger partial charge in [-0.2, -0.15) is 0 Å². The molecule has 0 saturated heterocycles. The second-order valence-corrected chi connectivity index (χ2v) is 5.94. The van der Waals surface area contributed by atoms with Crippen LogP contribution in [0.4, 0.5) is 16.2 Å². The van der Waals surface area contributed by atoms with Gasteiger partial charge in [-0.3, -0.25) is 20.2 Å². The molecule has 1 unspecified atom stereocenters. The fraction of sp³-hybridized carbons (Fsp3) is 0.500. The molecule has 0 aliphatic heterocycles. The Morgan fingerprint density at radius 2 is 1.91 bits per heavy atom. The van der Waals surface area contributed by atoms with Crippen molar-refractivity contribution in [2.45, 2.75) is 39.5 Å². The normalized spacial score (nSPS) is 11.8. The van der Waals surface area contributed by atoms with Crippen molar-refractivity contribution in [2.24, 2.45) is 0 Å². The zero-order valence-electron chi connectivity index (χ0n) is 13.1. The number of hydrogen-bond acceptors (Lipinski definition) is 7. The maximum absolute atomic E-state index is 11.8. The molecule has 0 fully saturated rings. The fourth-order valence-electron chi connectivity index (χ4n) is 1.86. The average molecular weight is 342 g/mol. The first-order valence-electron chi connectivity index (χ1n) is 7.13. The summed E-state index contributed by atoms with van der Waals surface area (Å²) >= 11 is 0.913. The highest BCUT2D eigenvalue weighted by Gasteiger charge is 2.29. The smallest absolute Gasteiger partial charge is 0.372 e. The third-order valence-corrected chi connectivity index (χ3v) is 4.17. The molecule has 0 amide bonds. The van der Waals surface area contributed by atoms with E-state index in [9.17, 15) is 25.0 Å². The quantitative estimate of drug-likeness (QED) is 0.402. The lowest BCUT2D eigenvalue weighted by Crippen LogP contribution is -2.09. The van der Waals surface area contributed by atoms with E-state index in [0.717, 1.165) is 24.2 Å². The maximum atomic E-state index is 11.8. The minimum absolute atomic E-state index is 0.205. The third kappa shape index (κ3) is 4.92. The van der Waals surface area contributed by atoms with Crippen molar-refractivity contribution in [1.29, 1.82) is 0 Å². The van der Waals surface area contributed by atoms with Gasteiger partial charge in [0.15, 0.2) is 0 Å². The molecular formula is C14H18N2O6S. The topological polar surface area (TPSA) is 113 Å². The van der Waals surface area contributed by atoms with Crippen LogP contribution >= 0.6 is 11.8 Å². The van der Waals surface area contributed by atoms with Crippen molar-refractivity contribution in [3.8, 4) is 5.75 Å². The molecule has 0 spiro atoms. The average Bonchev–Trinajstić information content (AvgIpc) is 2.51. The van der Waals surface area contributed by atoms with Crippen LogP contribution in [-0.4, -0.2) is 20.9 Å². The molecule has 0 aliphatic rings. The van der Waals surface area contributed by atoms with E-state index in [1.807, 2.05) is 13.8 Å². The molecule has 0 aromatic heterocycles. The predicted octanol–water partition coefficient (Wildman–Crippen LogP) is 4.66. The Morgan fingerprint density at radius 3 is 2.39 bits per heavy atom. The van der Waals surface area contributed by atoms with E-state index in [2.05, 4.69) is 0 Å². The SMILES string of the molecule is CCCSC(=O)Oc1c(C(C)CC)cc([N+](=O)[O-])cc1[N+](=O)[O-]. The van der Waals surface area contributed by atoms with Gasteiger partial charge in [0.05, 0.1) is 15.9 Å². The lowest BCUT2D eigenvalue weighted by Gasteiger charge is -2.14. The monoisotopic (exact) mass is 342 g/mol. The first-order valence-corrected chi connectivity index (χ1v) is 8.11. The van der Waals surface area contributed by atoms with Gasteiger partial charge in [-0.05, 0) is 30.5 Å². The maximum Gasteiger partial charge on any atom is 0.372 e. The Kier molecular flexibility index (Phi) is 6.95. The summed E-state index contributed by atoms with van der Waals surface area (Å²) in [5, 5.41) is 21.6. The molecule has 0 N–H and O–H groups in total. The van der Waals surface area contributed by atoms with E-state index < -0.39 is 26.5 Å². The summed E-state index contributed by atoms with van der Waals surface area (Å²) in [5.41, 5.74) is -0.674. The minimum Gasteiger partial charge on any atom is -0.411 e. The molecule has 23 heavy (non-hydrogen) atoms. The Hall–Kier alpha value is -2.16. The number of benzene rings is 1. The Bertz CT molecular complexity index is 620. The summed E-state index contributed by atoms with van der Waals surface area (Å²) in [4.78, 5) is 32.6.